The fourth-order valence-electron chi connectivity index (χ4n) is 2.14. The molecule has 26 heavy (non-hydrogen) atoms. The molecule has 1 N–H and O–H groups in total. The Morgan fingerprint density at radius 2 is 1.88 bits per heavy atom. The third-order valence-corrected chi connectivity index (χ3v) is 4.47. The molecule has 1 amide bonds. The van der Waals surface area contributed by atoms with Crippen LogP contribution >= 0.6 is 0 Å². The van der Waals surface area contributed by atoms with Gasteiger partial charge in [-0.1, -0.05) is 30.3 Å². The van der Waals surface area contributed by atoms with Crippen molar-refractivity contribution in [2.45, 2.75) is 0 Å². The van der Waals surface area contributed by atoms with Crippen molar-refractivity contribution in [2.24, 2.45) is 5.10 Å². The Hall–Kier alpha value is -2.94. The standard InChI is InChI=1S/C17H18FN3O4S/c1-25-16-10-6-5-9-15(16)21(26(2,23)24)12-17(22)20-19-11-13-7-3-4-8-14(13)18/h3-11H,12H2,1-2H3,(H,20,22)/b19-11+. The number of hydrogen-bond donors (Lipinski definition) is 1. The number of halogens is 1. The molecule has 0 fully saturated rings. The van der Waals surface area contributed by atoms with Crippen LogP contribution in [-0.4, -0.2) is 40.4 Å². The zero-order valence-electron chi connectivity index (χ0n) is 14.2. The number of carbonyl (C=O) groups excluding carboxylic acids is 1. The van der Waals surface area contributed by atoms with Gasteiger partial charge < -0.3 is 4.74 Å². The molecule has 138 valence electrons. The number of carbonyl (C=O) groups is 1. The van der Waals surface area contributed by atoms with E-state index in [1.807, 2.05) is 0 Å². The predicted molar refractivity (Wildman–Crippen MR) is 97.3 cm³/mol. The molecule has 0 aromatic heterocycles. The fourth-order valence-corrected chi connectivity index (χ4v) is 3.00. The van der Waals surface area contributed by atoms with Gasteiger partial charge in [0.2, 0.25) is 10.0 Å². The zero-order chi connectivity index (χ0) is 19.2. The van der Waals surface area contributed by atoms with Gasteiger partial charge in [0.1, 0.15) is 18.1 Å². The van der Waals surface area contributed by atoms with Gasteiger partial charge in [0.25, 0.3) is 5.91 Å². The molecular formula is C17H18FN3O4S. The van der Waals surface area contributed by atoms with Gasteiger partial charge in [0.15, 0.2) is 0 Å². The number of hydrazone groups is 1. The van der Waals surface area contributed by atoms with Gasteiger partial charge in [-0.2, -0.15) is 5.10 Å². The summed E-state index contributed by atoms with van der Waals surface area (Å²) >= 11 is 0. The number of methoxy groups -OCH3 is 1. The molecule has 0 heterocycles. The normalized spacial score (nSPS) is 11.3. The van der Waals surface area contributed by atoms with E-state index in [9.17, 15) is 17.6 Å². The fraction of sp³-hybridized carbons (Fsp3) is 0.176. The first-order chi connectivity index (χ1) is 12.3. The van der Waals surface area contributed by atoms with Crippen LogP contribution in [0, 0.1) is 5.82 Å². The van der Waals surface area contributed by atoms with Gasteiger partial charge in [-0.25, -0.2) is 18.2 Å². The Kier molecular flexibility index (Phi) is 6.29. The van der Waals surface area contributed by atoms with Crippen LogP contribution in [0.5, 0.6) is 5.75 Å². The molecule has 2 aromatic rings. The van der Waals surface area contributed by atoms with E-state index in [1.165, 1.54) is 31.4 Å². The molecule has 0 unspecified atom stereocenters. The van der Waals surface area contributed by atoms with Gasteiger partial charge in [-0.3, -0.25) is 9.10 Å². The van der Waals surface area contributed by atoms with Crippen LogP contribution in [0.1, 0.15) is 5.56 Å². The average Bonchev–Trinajstić information content (AvgIpc) is 2.60. The van der Waals surface area contributed by atoms with Crippen LogP contribution in [0.15, 0.2) is 53.6 Å². The summed E-state index contributed by atoms with van der Waals surface area (Å²) in [5, 5.41) is 3.66. The lowest BCUT2D eigenvalue weighted by Gasteiger charge is -2.23. The third-order valence-electron chi connectivity index (χ3n) is 3.34. The maximum Gasteiger partial charge on any atom is 0.260 e. The number of anilines is 1. The SMILES string of the molecule is COc1ccccc1N(CC(=O)N/N=C/c1ccccc1F)S(C)(=O)=O. The molecule has 0 aliphatic carbocycles. The number of benzene rings is 2. The lowest BCUT2D eigenvalue weighted by atomic mass is 10.2. The van der Waals surface area contributed by atoms with Gasteiger partial charge in [0, 0.05) is 5.56 Å². The number of amides is 1. The first-order valence-electron chi connectivity index (χ1n) is 7.50. The second kappa shape index (κ2) is 8.43. The minimum Gasteiger partial charge on any atom is -0.495 e. The number of sulfonamides is 1. The summed E-state index contributed by atoms with van der Waals surface area (Å²) in [6.45, 7) is -0.506. The zero-order valence-corrected chi connectivity index (χ0v) is 15.0. The van der Waals surface area contributed by atoms with Crippen LogP contribution in [0.25, 0.3) is 0 Å². The minimum atomic E-state index is -3.75. The van der Waals surface area contributed by atoms with Crippen molar-refractivity contribution in [1.29, 1.82) is 0 Å². The van der Waals surface area contributed by atoms with E-state index in [0.717, 1.165) is 16.8 Å². The highest BCUT2D eigenvalue weighted by molar-refractivity contribution is 7.92. The Morgan fingerprint density at radius 3 is 2.54 bits per heavy atom. The number of rotatable bonds is 7. The lowest BCUT2D eigenvalue weighted by molar-refractivity contribution is -0.119. The topological polar surface area (TPSA) is 88.1 Å². The number of para-hydroxylation sites is 2. The highest BCUT2D eigenvalue weighted by atomic mass is 32.2. The Labute approximate surface area is 151 Å². The first-order valence-corrected chi connectivity index (χ1v) is 9.35. The second-order valence-corrected chi connectivity index (χ2v) is 7.16. The minimum absolute atomic E-state index is 0.192. The van der Waals surface area contributed by atoms with Crippen molar-refractivity contribution in [3.8, 4) is 5.75 Å². The average molecular weight is 379 g/mol. The smallest absolute Gasteiger partial charge is 0.260 e. The molecule has 2 aromatic carbocycles. The summed E-state index contributed by atoms with van der Waals surface area (Å²) in [7, 11) is -2.35. The number of hydrogen-bond acceptors (Lipinski definition) is 5. The molecule has 7 nitrogen and oxygen atoms in total. The Bertz CT molecular complexity index is 916. The summed E-state index contributed by atoms with van der Waals surface area (Å²) < 4.78 is 43.7. The maximum atomic E-state index is 13.5. The molecular weight excluding hydrogens is 361 g/mol. The third kappa shape index (κ3) is 5.03. The quantitative estimate of drug-likeness (QED) is 0.586. The van der Waals surface area contributed by atoms with E-state index in [-0.39, 0.29) is 11.3 Å². The first kappa shape index (κ1) is 19.4. The molecule has 0 bridgehead atoms. The molecule has 9 heteroatoms. The Morgan fingerprint density at radius 1 is 1.23 bits per heavy atom. The lowest BCUT2D eigenvalue weighted by Crippen LogP contribution is -2.39. The van der Waals surface area contributed by atoms with E-state index in [2.05, 4.69) is 10.5 Å². The summed E-state index contributed by atoms with van der Waals surface area (Å²) in [5.74, 6) is -0.869. The van der Waals surface area contributed by atoms with Crippen molar-refractivity contribution < 1.29 is 22.3 Å². The van der Waals surface area contributed by atoms with Gasteiger partial charge >= 0.3 is 0 Å². The van der Waals surface area contributed by atoms with E-state index in [1.54, 1.807) is 24.3 Å². The van der Waals surface area contributed by atoms with E-state index in [4.69, 9.17) is 4.74 Å². The summed E-state index contributed by atoms with van der Waals surface area (Å²) in [5.41, 5.74) is 2.60. The van der Waals surface area contributed by atoms with Crippen molar-refractivity contribution in [1.82, 2.24) is 5.43 Å². The van der Waals surface area contributed by atoms with Crippen LogP contribution < -0.4 is 14.5 Å². The molecule has 0 aliphatic heterocycles. The van der Waals surface area contributed by atoms with Crippen LogP contribution in [0.3, 0.4) is 0 Å². The van der Waals surface area contributed by atoms with Crippen molar-refractivity contribution in [3.63, 3.8) is 0 Å². The van der Waals surface area contributed by atoms with Crippen molar-refractivity contribution >= 4 is 27.8 Å². The molecule has 0 aliphatic rings. The number of nitrogens with one attached hydrogen (secondary N) is 1. The summed E-state index contributed by atoms with van der Waals surface area (Å²) in [6.07, 6.45) is 2.12. The highest BCUT2D eigenvalue weighted by Gasteiger charge is 2.23. The van der Waals surface area contributed by atoms with Crippen LogP contribution in [-0.2, 0) is 14.8 Å². The second-order valence-electron chi connectivity index (χ2n) is 5.26. The largest absolute Gasteiger partial charge is 0.495 e. The van der Waals surface area contributed by atoms with Crippen LogP contribution in [0.4, 0.5) is 10.1 Å². The van der Waals surface area contributed by atoms with Crippen LogP contribution in [0.2, 0.25) is 0 Å². The molecule has 0 saturated heterocycles. The predicted octanol–water partition coefficient (Wildman–Crippen LogP) is 1.75. The highest BCUT2D eigenvalue weighted by Crippen LogP contribution is 2.29. The summed E-state index contributed by atoms with van der Waals surface area (Å²) in [4.78, 5) is 12.1. The van der Waals surface area contributed by atoms with E-state index >= 15 is 0 Å². The van der Waals surface area contributed by atoms with Gasteiger partial charge in [-0.15, -0.1) is 0 Å². The van der Waals surface area contributed by atoms with Crippen molar-refractivity contribution in [2.75, 3.05) is 24.2 Å². The molecule has 0 saturated carbocycles. The van der Waals surface area contributed by atoms with Crippen molar-refractivity contribution in [3.05, 3.63) is 59.9 Å². The van der Waals surface area contributed by atoms with Gasteiger partial charge in [-0.05, 0) is 18.2 Å². The van der Waals surface area contributed by atoms with E-state index in [0.29, 0.717) is 5.75 Å². The molecule has 2 rings (SSSR count). The number of nitrogens with zero attached hydrogens (tertiary/aromatic N) is 2. The van der Waals surface area contributed by atoms with E-state index < -0.39 is 28.3 Å². The number of ether oxygens (including phenoxy) is 1. The molecule has 0 atom stereocenters. The maximum absolute atomic E-state index is 13.5. The molecule has 0 spiro atoms. The molecule has 0 radical (unpaired) electrons. The monoisotopic (exact) mass is 379 g/mol. The van der Waals surface area contributed by atoms with Gasteiger partial charge in [0.05, 0.1) is 25.3 Å². The Balaban J connectivity index is 2.14. The summed E-state index contributed by atoms with van der Waals surface area (Å²) in [6, 6.07) is 12.3.